The van der Waals surface area contributed by atoms with E-state index < -0.39 is 16.0 Å². The number of sulfonamides is 1. The van der Waals surface area contributed by atoms with E-state index >= 15 is 0 Å². The van der Waals surface area contributed by atoms with Gasteiger partial charge in [0.25, 0.3) is 10.0 Å². The van der Waals surface area contributed by atoms with Crippen molar-refractivity contribution in [3.8, 4) is 5.75 Å². The van der Waals surface area contributed by atoms with Crippen LogP contribution in [0.3, 0.4) is 0 Å². The average Bonchev–Trinajstić information content (AvgIpc) is 2.86. The van der Waals surface area contributed by atoms with Gasteiger partial charge < -0.3 is 9.84 Å². The van der Waals surface area contributed by atoms with Crippen molar-refractivity contribution < 1.29 is 23.1 Å². The van der Waals surface area contributed by atoms with Crippen LogP contribution in [0, 0.1) is 6.92 Å². The molecule has 2 N–H and O–H groups in total. The highest BCUT2D eigenvalue weighted by Gasteiger charge is 2.24. The molecule has 2 aromatic rings. The minimum absolute atomic E-state index is 0.00176. The SMILES string of the molecule is COc1ccc(C(C)C)cc1S(=O)(=O)Nc1nc(C)c(C(=O)O)s1. The molecule has 0 bridgehead atoms. The Kier molecular flexibility index (Phi) is 5.14. The molecule has 0 amide bonds. The molecule has 0 atom stereocenters. The Bertz CT molecular complexity index is 872. The Morgan fingerprint density at radius 3 is 2.54 bits per heavy atom. The molecule has 0 aliphatic heterocycles. The summed E-state index contributed by atoms with van der Waals surface area (Å²) < 4.78 is 32.8. The Morgan fingerprint density at radius 2 is 2.04 bits per heavy atom. The summed E-state index contributed by atoms with van der Waals surface area (Å²) in [5, 5.41) is 9.05. The first-order valence-electron chi connectivity index (χ1n) is 7.07. The van der Waals surface area contributed by atoms with Crippen LogP contribution in [-0.2, 0) is 10.0 Å². The van der Waals surface area contributed by atoms with Crippen LogP contribution in [0.1, 0.15) is 40.7 Å². The molecule has 0 unspecified atom stereocenters. The number of hydrogen-bond donors (Lipinski definition) is 2. The number of anilines is 1. The molecule has 2 rings (SSSR count). The molecule has 1 aromatic heterocycles. The standard InChI is InChI=1S/C15H18N2O5S2/c1-8(2)10-5-6-11(22-4)12(7-10)24(20,21)17-15-16-9(3)13(23-15)14(18)19/h5-8H,1-4H3,(H,16,17)(H,18,19). The number of benzene rings is 1. The Hall–Kier alpha value is -2.13. The highest BCUT2D eigenvalue weighted by atomic mass is 32.2. The summed E-state index contributed by atoms with van der Waals surface area (Å²) in [6.07, 6.45) is 0. The maximum atomic E-state index is 12.7. The lowest BCUT2D eigenvalue weighted by molar-refractivity contribution is 0.0701. The summed E-state index contributed by atoms with van der Waals surface area (Å²) in [6, 6.07) is 4.95. The third-order valence-corrected chi connectivity index (χ3v) is 5.91. The predicted octanol–water partition coefficient (Wildman–Crippen LogP) is 3.08. The van der Waals surface area contributed by atoms with Crippen LogP contribution in [0.25, 0.3) is 0 Å². The van der Waals surface area contributed by atoms with E-state index in [9.17, 15) is 13.2 Å². The van der Waals surface area contributed by atoms with E-state index in [-0.39, 0.29) is 32.3 Å². The minimum atomic E-state index is -3.96. The number of ether oxygens (including phenoxy) is 1. The summed E-state index contributed by atoms with van der Waals surface area (Å²) in [7, 11) is -2.57. The fraction of sp³-hybridized carbons (Fsp3) is 0.333. The van der Waals surface area contributed by atoms with E-state index in [1.807, 2.05) is 13.8 Å². The number of nitrogens with zero attached hydrogens (tertiary/aromatic N) is 1. The molecule has 0 saturated heterocycles. The number of aryl methyl sites for hydroxylation is 1. The first kappa shape index (κ1) is 18.2. The van der Waals surface area contributed by atoms with Crippen molar-refractivity contribution in [2.24, 2.45) is 0 Å². The molecule has 1 aromatic carbocycles. The second kappa shape index (κ2) is 6.78. The molecular formula is C15H18N2O5S2. The number of rotatable bonds is 6. The van der Waals surface area contributed by atoms with E-state index in [1.54, 1.807) is 18.2 Å². The number of carboxylic acid groups (broad SMARTS) is 1. The number of hydrogen-bond acceptors (Lipinski definition) is 6. The van der Waals surface area contributed by atoms with Crippen LogP contribution in [0.4, 0.5) is 5.13 Å². The number of aromatic nitrogens is 1. The van der Waals surface area contributed by atoms with Crippen LogP contribution in [0.15, 0.2) is 23.1 Å². The van der Waals surface area contributed by atoms with Crippen molar-refractivity contribution in [2.75, 3.05) is 11.8 Å². The Balaban J connectivity index is 2.45. The van der Waals surface area contributed by atoms with Gasteiger partial charge in [0.05, 0.1) is 12.8 Å². The maximum Gasteiger partial charge on any atom is 0.347 e. The molecule has 0 spiro atoms. The van der Waals surface area contributed by atoms with E-state index in [2.05, 4.69) is 9.71 Å². The van der Waals surface area contributed by atoms with Gasteiger partial charge >= 0.3 is 5.97 Å². The van der Waals surface area contributed by atoms with E-state index in [1.165, 1.54) is 14.0 Å². The molecule has 0 radical (unpaired) electrons. The average molecular weight is 370 g/mol. The molecule has 24 heavy (non-hydrogen) atoms. The van der Waals surface area contributed by atoms with Crippen LogP contribution < -0.4 is 9.46 Å². The van der Waals surface area contributed by atoms with E-state index in [0.29, 0.717) is 0 Å². The van der Waals surface area contributed by atoms with Crippen molar-refractivity contribution >= 4 is 32.5 Å². The molecule has 9 heteroatoms. The number of aromatic carboxylic acids is 1. The Labute approximate surface area is 144 Å². The molecular weight excluding hydrogens is 352 g/mol. The summed E-state index contributed by atoms with van der Waals surface area (Å²) in [6.45, 7) is 5.42. The number of methoxy groups -OCH3 is 1. The largest absolute Gasteiger partial charge is 0.495 e. The summed E-state index contributed by atoms with van der Waals surface area (Å²) >= 11 is 0.771. The molecule has 1 heterocycles. The second-order valence-electron chi connectivity index (χ2n) is 5.41. The Morgan fingerprint density at radius 1 is 1.38 bits per heavy atom. The third kappa shape index (κ3) is 3.68. The van der Waals surface area contributed by atoms with Crippen molar-refractivity contribution in [1.29, 1.82) is 0 Å². The quantitative estimate of drug-likeness (QED) is 0.809. The van der Waals surface area contributed by atoms with Gasteiger partial charge in [-0.15, -0.1) is 0 Å². The summed E-state index contributed by atoms with van der Waals surface area (Å²) in [4.78, 5) is 15.0. The van der Waals surface area contributed by atoms with Gasteiger partial charge in [0.2, 0.25) is 0 Å². The van der Waals surface area contributed by atoms with Gasteiger partial charge in [-0.2, -0.15) is 0 Å². The van der Waals surface area contributed by atoms with E-state index in [0.717, 1.165) is 16.9 Å². The lowest BCUT2D eigenvalue weighted by Gasteiger charge is -2.13. The molecule has 0 fully saturated rings. The molecule has 0 aliphatic rings. The number of carbonyl (C=O) groups is 1. The molecule has 130 valence electrons. The molecule has 7 nitrogen and oxygen atoms in total. The summed E-state index contributed by atoms with van der Waals surface area (Å²) in [5.74, 6) is -0.793. The van der Waals surface area contributed by atoms with Gasteiger partial charge in [-0.25, -0.2) is 18.2 Å². The normalized spacial score (nSPS) is 11.5. The van der Waals surface area contributed by atoms with Crippen LogP contribution in [0.2, 0.25) is 0 Å². The molecule has 0 saturated carbocycles. The zero-order chi connectivity index (χ0) is 18.1. The summed E-state index contributed by atoms with van der Waals surface area (Å²) in [5.41, 5.74) is 1.10. The van der Waals surface area contributed by atoms with Crippen LogP contribution >= 0.6 is 11.3 Å². The van der Waals surface area contributed by atoms with Gasteiger partial charge in [-0.3, -0.25) is 4.72 Å². The van der Waals surface area contributed by atoms with Gasteiger partial charge in [0.15, 0.2) is 5.13 Å². The lowest BCUT2D eigenvalue weighted by atomic mass is 10.0. The first-order chi connectivity index (χ1) is 11.2. The van der Waals surface area contributed by atoms with Gasteiger partial charge in [-0.1, -0.05) is 31.3 Å². The second-order valence-corrected chi connectivity index (χ2v) is 8.06. The lowest BCUT2D eigenvalue weighted by Crippen LogP contribution is -2.14. The fourth-order valence-electron chi connectivity index (χ4n) is 2.07. The first-order valence-corrected chi connectivity index (χ1v) is 9.37. The number of nitrogens with one attached hydrogen (secondary N) is 1. The van der Waals surface area contributed by atoms with Crippen molar-refractivity contribution in [2.45, 2.75) is 31.6 Å². The minimum Gasteiger partial charge on any atom is -0.495 e. The van der Waals surface area contributed by atoms with E-state index in [4.69, 9.17) is 9.84 Å². The van der Waals surface area contributed by atoms with Gasteiger partial charge in [0.1, 0.15) is 15.5 Å². The van der Waals surface area contributed by atoms with Crippen molar-refractivity contribution in [3.63, 3.8) is 0 Å². The smallest absolute Gasteiger partial charge is 0.347 e. The number of carboxylic acids is 1. The third-order valence-electron chi connectivity index (χ3n) is 3.36. The zero-order valence-electron chi connectivity index (χ0n) is 13.7. The van der Waals surface area contributed by atoms with Gasteiger partial charge in [0, 0.05) is 0 Å². The molecule has 0 aliphatic carbocycles. The fourth-order valence-corrected chi connectivity index (χ4v) is 4.32. The van der Waals surface area contributed by atoms with Crippen molar-refractivity contribution in [1.82, 2.24) is 4.98 Å². The number of thiazole rings is 1. The highest BCUT2D eigenvalue weighted by Crippen LogP contribution is 2.31. The topological polar surface area (TPSA) is 106 Å². The predicted molar refractivity (Wildman–Crippen MR) is 91.7 cm³/mol. The van der Waals surface area contributed by atoms with Crippen LogP contribution in [0.5, 0.6) is 5.75 Å². The highest BCUT2D eigenvalue weighted by molar-refractivity contribution is 7.93. The van der Waals surface area contributed by atoms with Gasteiger partial charge in [-0.05, 0) is 30.5 Å². The maximum absolute atomic E-state index is 12.7. The monoisotopic (exact) mass is 370 g/mol. The zero-order valence-corrected chi connectivity index (χ0v) is 15.3. The van der Waals surface area contributed by atoms with Crippen molar-refractivity contribution in [3.05, 3.63) is 34.3 Å². The van der Waals surface area contributed by atoms with Crippen LogP contribution in [-0.4, -0.2) is 31.6 Å².